The van der Waals surface area contributed by atoms with E-state index in [1.54, 1.807) is 4.90 Å². The lowest BCUT2D eigenvalue weighted by molar-refractivity contribution is -0.122. The Morgan fingerprint density at radius 1 is 1.11 bits per heavy atom. The summed E-state index contributed by atoms with van der Waals surface area (Å²) in [6.45, 7) is 7.05. The highest BCUT2D eigenvalue weighted by Gasteiger charge is 2.61. The van der Waals surface area contributed by atoms with E-state index in [1.165, 1.54) is 0 Å². The largest absolute Gasteiger partial charge is 0.444 e. The molecule has 0 aromatic heterocycles. The van der Waals surface area contributed by atoms with Gasteiger partial charge in [-0.3, -0.25) is 4.79 Å². The van der Waals surface area contributed by atoms with Gasteiger partial charge in [0.2, 0.25) is 0 Å². The van der Waals surface area contributed by atoms with Gasteiger partial charge in [-0.25, -0.2) is 4.79 Å². The van der Waals surface area contributed by atoms with Crippen LogP contribution in [0.15, 0.2) is 0 Å². The number of nitrogens with zero attached hydrogens (tertiary/aromatic N) is 1. The van der Waals surface area contributed by atoms with E-state index in [2.05, 4.69) is 0 Å². The van der Waals surface area contributed by atoms with E-state index in [0.717, 1.165) is 12.8 Å². The van der Waals surface area contributed by atoms with Crippen LogP contribution < -0.4 is 0 Å². The second-order valence-corrected chi connectivity index (χ2v) is 6.92. The molecule has 3 aliphatic rings. The van der Waals surface area contributed by atoms with Gasteiger partial charge in [-0.1, -0.05) is 0 Å². The first-order valence-corrected chi connectivity index (χ1v) is 6.88. The number of carbonyl (C=O) groups is 2. The Morgan fingerprint density at radius 2 is 1.67 bits per heavy atom. The third kappa shape index (κ3) is 2.13. The van der Waals surface area contributed by atoms with Crippen LogP contribution in [0.1, 0.15) is 33.6 Å². The summed E-state index contributed by atoms with van der Waals surface area (Å²) in [5.41, 5.74) is -0.437. The molecule has 0 bridgehead atoms. The minimum Gasteiger partial charge on any atom is -0.444 e. The zero-order valence-corrected chi connectivity index (χ0v) is 11.3. The van der Waals surface area contributed by atoms with Gasteiger partial charge in [0.25, 0.3) is 0 Å². The average Bonchev–Trinajstić information content (AvgIpc) is 3.14. The van der Waals surface area contributed by atoms with E-state index in [0.29, 0.717) is 36.6 Å². The van der Waals surface area contributed by atoms with Gasteiger partial charge in [-0.05, 0) is 45.4 Å². The molecule has 1 aliphatic heterocycles. The molecule has 0 aromatic rings. The van der Waals surface area contributed by atoms with Crippen molar-refractivity contribution < 1.29 is 14.3 Å². The van der Waals surface area contributed by atoms with E-state index in [1.807, 2.05) is 20.8 Å². The van der Waals surface area contributed by atoms with Crippen molar-refractivity contribution in [3.63, 3.8) is 0 Å². The number of amides is 1. The molecule has 1 unspecified atom stereocenters. The van der Waals surface area contributed by atoms with Crippen molar-refractivity contribution >= 4 is 11.9 Å². The number of hydrogen-bond donors (Lipinski definition) is 0. The lowest BCUT2D eigenvalue weighted by Crippen LogP contribution is -2.37. The van der Waals surface area contributed by atoms with Gasteiger partial charge >= 0.3 is 6.09 Å². The number of Topliss-reactive ketones (excluding diaryl/α,β-unsaturated/α-hetero) is 1. The zero-order valence-electron chi connectivity index (χ0n) is 11.3. The summed E-state index contributed by atoms with van der Waals surface area (Å²) >= 11 is 0. The SMILES string of the molecule is CC(C)(C)OC(=O)N1C[C@@H]2C(C(=O)C3CC3)[C@@H]2C1. The lowest BCUT2D eigenvalue weighted by atomic mass is 10.1. The van der Waals surface area contributed by atoms with Crippen molar-refractivity contribution in [3.05, 3.63) is 0 Å². The number of hydrogen-bond acceptors (Lipinski definition) is 3. The van der Waals surface area contributed by atoms with Crippen LogP contribution in [0.25, 0.3) is 0 Å². The summed E-state index contributed by atoms with van der Waals surface area (Å²) in [7, 11) is 0. The van der Waals surface area contributed by atoms with Gasteiger partial charge in [-0.2, -0.15) is 0 Å². The minimum absolute atomic E-state index is 0.229. The molecule has 2 aliphatic carbocycles. The number of fused-ring (bicyclic) bond motifs is 1. The second kappa shape index (κ2) is 3.72. The molecule has 3 rings (SSSR count). The van der Waals surface area contributed by atoms with Crippen molar-refractivity contribution in [2.75, 3.05) is 13.1 Å². The fourth-order valence-electron chi connectivity index (χ4n) is 3.06. The van der Waals surface area contributed by atoms with Crippen molar-refractivity contribution in [1.29, 1.82) is 0 Å². The normalized spacial score (nSPS) is 34.2. The molecule has 0 aromatic carbocycles. The molecule has 1 heterocycles. The van der Waals surface area contributed by atoms with E-state index < -0.39 is 5.60 Å². The first-order valence-electron chi connectivity index (χ1n) is 6.88. The molecule has 0 spiro atoms. The first kappa shape index (κ1) is 12.0. The maximum Gasteiger partial charge on any atom is 0.410 e. The fourth-order valence-corrected chi connectivity index (χ4v) is 3.06. The van der Waals surface area contributed by atoms with Gasteiger partial charge < -0.3 is 9.64 Å². The average molecular weight is 251 g/mol. The molecule has 1 saturated heterocycles. The minimum atomic E-state index is -0.437. The van der Waals surface area contributed by atoms with Crippen LogP contribution in [-0.4, -0.2) is 35.5 Å². The molecule has 0 N–H and O–H groups in total. The summed E-state index contributed by atoms with van der Waals surface area (Å²) in [5.74, 6) is 1.93. The highest BCUT2D eigenvalue weighted by molar-refractivity contribution is 5.89. The molecule has 4 nitrogen and oxygen atoms in total. The van der Waals surface area contributed by atoms with Crippen molar-refractivity contribution in [1.82, 2.24) is 4.90 Å². The summed E-state index contributed by atoms with van der Waals surface area (Å²) in [6, 6.07) is 0. The molecule has 3 atom stereocenters. The summed E-state index contributed by atoms with van der Waals surface area (Å²) < 4.78 is 5.35. The number of rotatable bonds is 2. The van der Waals surface area contributed by atoms with Crippen LogP contribution in [0.5, 0.6) is 0 Å². The molecular formula is C14H21NO3. The van der Waals surface area contributed by atoms with Crippen LogP contribution >= 0.6 is 0 Å². The van der Waals surface area contributed by atoms with E-state index in [9.17, 15) is 9.59 Å². The number of likely N-dealkylation sites (tertiary alicyclic amines) is 1. The van der Waals surface area contributed by atoms with Crippen molar-refractivity contribution in [2.24, 2.45) is 23.7 Å². The van der Waals surface area contributed by atoms with Crippen LogP contribution in [-0.2, 0) is 9.53 Å². The second-order valence-electron chi connectivity index (χ2n) is 6.92. The predicted octanol–water partition coefficient (Wildman–Crippen LogP) is 2.08. The van der Waals surface area contributed by atoms with Crippen molar-refractivity contribution in [2.45, 2.75) is 39.2 Å². The molecular weight excluding hydrogens is 230 g/mol. The lowest BCUT2D eigenvalue weighted by Gasteiger charge is -2.25. The van der Waals surface area contributed by atoms with Crippen molar-refractivity contribution in [3.8, 4) is 0 Å². The Hall–Kier alpha value is -1.06. The molecule has 3 fully saturated rings. The number of ketones is 1. The topological polar surface area (TPSA) is 46.6 Å². The Bertz CT molecular complexity index is 382. The first-order chi connectivity index (χ1) is 8.37. The molecule has 4 heteroatoms. The van der Waals surface area contributed by atoms with Crippen LogP contribution in [0.3, 0.4) is 0 Å². The number of ether oxygens (including phenoxy) is 1. The smallest absolute Gasteiger partial charge is 0.410 e. The van der Waals surface area contributed by atoms with Gasteiger partial charge in [0, 0.05) is 24.9 Å². The quantitative estimate of drug-likeness (QED) is 0.755. The van der Waals surface area contributed by atoms with E-state index >= 15 is 0 Å². The van der Waals surface area contributed by atoms with E-state index in [-0.39, 0.29) is 12.0 Å². The van der Waals surface area contributed by atoms with Gasteiger partial charge in [0.05, 0.1) is 0 Å². The van der Waals surface area contributed by atoms with Crippen LogP contribution in [0, 0.1) is 23.7 Å². The monoisotopic (exact) mass is 251 g/mol. The highest BCUT2D eigenvalue weighted by Crippen LogP contribution is 2.55. The molecule has 2 saturated carbocycles. The Balaban J connectivity index is 1.51. The Labute approximate surface area is 108 Å². The predicted molar refractivity (Wildman–Crippen MR) is 66.0 cm³/mol. The number of carbonyl (C=O) groups excluding carboxylic acids is 2. The van der Waals surface area contributed by atoms with Crippen LogP contribution in [0.4, 0.5) is 4.79 Å². The van der Waals surface area contributed by atoms with Gasteiger partial charge in [-0.15, -0.1) is 0 Å². The maximum atomic E-state index is 12.0. The Kier molecular flexibility index (Phi) is 2.48. The number of piperidine rings is 1. The fraction of sp³-hybridized carbons (Fsp3) is 0.857. The van der Waals surface area contributed by atoms with Gasteiger partial charge in [0.15, 0.2) is 0 Å². The summed E-state index contributed by atoms with van der Waals surface area (Å²) in [6.07, 6.45) is 1.95. The summed E-state index contributed by atoms with van der Waals surface area (Å²) in [4.78, 5) is 25.6. The standard InChI is InChI=1S/C14H21NO3/c1-14(2,3)18-13(17)15-6-9-10(7-15)11(9)12(16)8-4-5-8/h8-11H,4-7H2,1-3H3/t9-,10+,11?. The molecule has 18 heavy (non-hydrogen) atoms. The third-order valence-electron chi connectivity index (χ3n) is 4.15. The van der Waals surface area contributed by atoms with Gasteiger partial charge in [0.1, 0.15) is 11.4 Å². The molecule has 1 amide bonds. The maximum absolute atomic E-state index is 12.0. The highest BCUT2D eigenvalue weighted by atomic mass is 16.6. The molecule has 0 radical (unpaired) electrons. The molecule has 100 valence electrons. The van der Waals surface area contributed by atoms with E-state index in [4.69, 9.17) is 4.74 Å². The third-order valence-corrected chi connectivity index (χ3v) is 4.15. The zero-order chi connectivity index (χ0) is 13.1. The van der Waals surface area contributed by atoms with Crippen LogP contribution in [0.2, 0.25) is 0 Å². The summed E-state index contributed by atoms with van der Waals surface area (Å²) in [5, 5.41) is 0. The Morgan fingerprint density at radius 3 is 2.11 bits per heavy atom.